The van der Waals surface area contributed by atoms with E-state index in [-0.39, 0.29) is 6.61 Å². The molecule has 5 rings (SSSR count). The number of aromatic nitrogens is 4. The topological polar surface area (TPSA) is 64.7 Å². The lowest BCUT2D eigenvalue weighted by atomic mass is 9.89. The smallest absolute Gasteiger partial charge is 0.192 e. The molecule has 0 N–H and O–H groups in total. The van der Waals surface area contributed by atoms with Crippen LogP contribution in [0.1, 0.15) is 35.2 Å². The summed E-state index contributed by atoms with van der Waals surface area (Å²) in [5.74, 6) is 1.35. The monoisotopic (exact) mass is 377 g/mol. The summed E-state index contributed by atoms with van der Waals surface area (Å²) in [5.41, 5.74) is 3.27. The number of fused-ring (bicyclic) bond motifs is 5. The van der Waals surface area contributed by atoms with Gasteiger partial charge < -0.3 is 4.84 Å². The van der Waals surface area contributed by atoms with Crippen molar-refractivity contribution >= 4 is 33.4 Å². The molecular weight excluding hydrogens is 358 g/mol. The normalized spacial score (nSPS) is 17.0. The molecule has 0 saturated carbocycles. The van der Waals surface area contributed by atoms with E-state index in [9.17, 15) is 0 Å². The van der Waals surface area contributed by atoms with E-state index < -0.39 is 0 Å². The highest BCUT2D eigenvalue weighted by Gasteiger charge is 2.23. The van der Waals surface area contributed by atoms with Crippen molar-refractivity contribution < 1.29 is 4.84 Å². The van der Waals surface area contributed by atoms with Crippen molar-refractivity contribution in [1.29, 1.82) is 0 Å². The second kappa shape index (κ2) is 6.74. The predicted molar refractivity (Wildman–Crippen MR) is 106 cm³/mol. The van der Waals surface area contributed by atoms with Crippen LogP contribution >= 0.6 is 11.3 Å². The fourth-order valence-corrected chi connectivity index (χ4v) is 4.92. The predicted octanol–water partition coefficient (Wildman–Crippen LogP) is 4.01. The first-order valence-electron chi connectivity index (χ1n) is 9.13. The number of hydrogen-bond donors (Lipinski definition) is 0. The van der Waals surface area contributed by atoms with Crippen LogP contribution in [0.3, 0.4) is 0 Å². The molecule has 1 aromatic carbocycles. The fraction of sp³-hybridized carbons (Fsp3) is 0.300. The van der Waals surface area contributed by atoms with Gasteiger partial charge >= 0.3 is 0 Å². The highest BCUT2D eigenvalue weighted by molar-refractivity contribution is 7.19. The van der Waals surface area contributed by atoms with Crippen LogP contribution < -0.4 is 0 Å². The highest BCUT2D eigenvalue weighted by Crippen LogP contribution is 2.38. The first-order valence-corrected chi connectivity index (χ1v) is 9.94. The van der Waals surface area contributed by atoms with Crippen molar-refractivity contribution in [3.63, 3.8) is 0 Å². The minimum atomic E-state index is 0.232. The number of thiophene rings is 1. The Kier molecular flexibility index (Phi) is 4.09. The van der Waals surface area contributed by atoms with Crippen LogP contribution in [0, 0.1) is 5.92 Å². The van der Waals surface area contributed by atoms with Crippen molar-refractivity contribution in [3.05, 3.63) is 58.5 Å². The Morgan fingerprint density at radius 2 is 2.22 bits per heavy atom. The van der Waals surface area contributed by atoms with Gasteiger partial charge in [0, 0.05) is 4.88 Å². The third-order valence-corrected chi connectivity index (χ3v) is 6.11. The standard InChI is InChI=1S/C20H19N5OS/c1-13-7-8-15-16(9-13)27-20-18(15)19-23-17(24-25(19)12-21-20)11-26-22-10-14-5-3-2-4-6-14/h2-6,10,12-13H,7-9,11H2,1H3/b22-10+. The number of oxime groups is 1. The number of hydrogen-bond acceptors (Lipinski definition) is 6. The molecule has 0 saturated heterocycles. The lowest BCUT2D eigenvalue weighted by Gasteiger charge is -2.17. The van der Waals surface area contributed by atoms with Gasteiger partial charge in [-0.1, -0.05) is 42.4 Å². The Morgan fingerprint density at radius 3 is 3.11 bits per heavy atom. The summed E-state index contributed by atoms with van der Waals surface area (Å²) in [4.78, 5) is 17.2. The molecule has 0 fully saturated rings. The van der Waals surface area contributed by atoms with Crippen molar-refractivity contribution in [3.8, 4) is 0 Å². The Balaban J connectivity index is 1.42. The summed E-state index contributed by atoms with van der Waals surface area (Å²) < 4.78 is 1.76. The molecule has 0 radical (unpaired) electrons. The van der Waals surface area contributed by atoms with Gasteiger partial charge in [-0.25, -0.2) is 14.5 Å². The van der Waals surface area contributed by atoms with Gasteiger partial charge in [0.25, 0.3) is 0 Å². The lowest BCUT2D eigenvalue weighted by molar-refractivity contribution is 0.126. The van der Waals surface area contributed by atoms with Gasteiger partial charge in [-0.15, -0.1) is 16.4 Å². The highest BCUT2D eigenvalue weighted by atomic mass is 32.1. The van der Waals surface area contributed by atoms with Gasteiger partial charge in [-0.2, -0.15) is 0 Å². The maximum atomic E-state index is 5.39. The molecule has 6 nitrogen and oxygen atoms in total. The Morgan fingerprint density at radius 1 is 1.33 bits per heavy atom. The molecule has 1 atom stereocenters. The summed E-state index contributed by atoms with van der Waals surface area (Å²) in [7, 11) is 0. The van der Waals surface area contributed by atoms with Gasteiger partial charge in [0.15, 0.2) is 18.1 Å². The Labute approximate surface area is 160 Å². The van der Waals surface area contributed by atoms with Crippen LogP contribution in [-0.4, -0.2) is 25.8 Å². The molecule has 0 spiro atoms. The molecule has 1 aliphatic carbocycles. The van der Waals surface area contributed by atoms with Crippen LogP contribution in [0.2, 0.25) is 0 Å². The van der Waals surface area contributed by atoms with Crippen molar-refractivity contribution in [2.45, 2.75) is 32.8 Å². The van der Waals surface area contributed by atoms with Crippen molar-refractivity contribution in [1.82, 2.24) is 19.6 Å². The third-order valence-electron chi connectivity index (χ3n) is 4.95. The van der Waals surface area contributed by atoms with Crippen molar-refractivity contribution in [2.75, 3.05) is 0 Å². The molecular formula is C20H19N5OS. The summed E-state index contributed by atoms with van der Waals surface area (Å²) in [5, 5.41) is 9.67. The van der Waals surface area contributed by atoms with E-state index in [0.717, 1.165) is 40.2 Å². The molecule has 136 valence electrons. The van der Waals surface area contributed by atoms with E-state index >= 15 is 0 Å². The van der Waals surface area contributed by atoms with Crippen LogP contribution in [0.4, 0.5) is 0 Å². The molecule has 1 unspecified atom stereocenters. The van der Waals surface area contributed by atoms with E-state index in [1.807, 2.05) is 30.3 Å². The van der Waals surface area contributed by atoms with E-state index in [1.165, 1.54) is 16.9 Å². The zero-order chi connectivity index (χ0) is 18.2. The van der Waals surface area contributed by atoms with E-state index in [1.54, 1.807) is 28.4 Å². The second-order valence-electron chi connectivity index (χ2n) is 6.99. The minimum absolute atomic E-state index is 0.232. The zero-order valence-corrected chi connectivity index (χ0v) is 15.8. The van der Waals surface area contributed by atoms with Crippen molar-refractivity contribution in [2.24, 2.45) is 11.1 Å². The Bertz CT molecular complexity index is 1130. The summed E-state index contributed by atoms with van der Waals surface area (Å²) >= 11 is 1.80. The van der Waals surface area contributed by atoms with E-state index in [0.29, 0.717) is 5.82 Å². The van der Waals surface area contributed by atoms with Gasteiger partial charge in [0.05, 0.1) is 11.6 Å². The molecule has 3 aromatic heterocycles. The third kappa shape index (κ3) is 3.08. The van der Waals surface area contributed by atoms with Gasteiger partial charge in [-0.05, 0) is 36.3 Å². The summed E-state index contributed by atoms with van der Waals surface area (Å²) in [6.45, 7) is 2.55. The molecule has 7 heteroatoms. The first kappa shape index (κ1) is 16.4. The SMILES string of the molecule is CC1CCc2c(sc3ncn4nc(CO/N=C/c5ccccc5)nc4c23)C1. The molecule has 1 aliphatic rings. The van der Waals surface area contributed by atoms with Crippen LogP contribution in [-0.2, 0) is 24.3 Å². The zero-order valence-electron chi connectivity index (χ0n) is 15.0. The van der Waals surface area contributed by atoms with Crippen LogP contribution in [0.25, 0.3) is 15.9 Å². The molecule has 0 aliphatic heterocycles. The van der Waals surface area contributed by atoms with Gasteiger partial charge in [0.1, 0.15) is 11.2 Å². The largest absolute Gasteiger partial charge is 0.387 e. The number of aryl methyl sites for hydroxylation is 1. The average Bonchev–Trinajstić information content (AvgIpc) is 3.25. The average molecular weight is 377 g/mol. The molecule has 27 heavy (non-hydrogen) atoms. The first-order chi connectivity index (χ1) is 13.3. The lowest BCUT2D eigenvalue weighted by Crippen LogP contribution is -2.08. The summed E-state index contributed by atoms with van der Waals surface area (Å²) in [6.07, 6.45) is 6.88. The number of rotatable bonds is 4. The minimum Gasteiger partial charge on any atom is -0.387 e. The number of benzene rings is 1. The molecule has 4 aromatic rings. The van der Waals surface area contributed by atoms with Gasteiger partial charge in [-0.3, -0.25) is 0 Å². The summed E-state index contributed by atoms with van der Waals surface area (Å²) in [6, 6.07) is 9.84. The molecule has 0 amide bonds. The van der Waals surface area contributed by atoms with Crippen LogP contribution in [0.5, 0.6) is 0 Å². The van der Waals surface area contributed by atoms with E-state index in [4.69, 9.17) is 9.82 Å². The number of nitrogens with zero attached hydrogens (tertiary/aromatic N) is 5. The fourth-order valence-electron chi connectivity index (χ4n) is 3.58. The second-order valence-corrected chi connectivity index (χ2v) is 8.07. The Hall–Kier alpha value is -2.80. The maximum absolute atomic E-state index is 5.39. The van der Waals surface area contributed by atoms with Crippen LogP contribution in [0.15, 0.2) is 41.8 Å². The maximum Gasteiger partial charge on any atom is 0.192 e. The van der Waals surface area contributed by atoms with Gasteiger partial charge in [0.2, 0.25) is 0 Å². The molecule has 3 heterocycles. The van der Waals surface area contributed by atoms with E-state index in [2.05, 4.69) is 22.2 Å². The quantitative estimate of drug-likeness (QED) is 0.398. The molecule has 0 bridgehead atoms.